The summed E-state index contributed by atoms with van der Waals surface area (Å²) >= 11 is 3.25. The number of anilines is 1. The Kier molecular flexibility index (Phi) is 3.89. The second-order valence-corrected chi connectivity index (χ2v) is 5.11. The number of aromatic nitrogens is 1. The Labute approximate surface area is 117 Å². The normalized spacial score (nSPS) is 15.1. The van der Waals surface area contributed by atoms with Gasteiger partial charge in [-0.25, -0.2) is 4.79 Å². The van der Waals surface area contributed by atoms with E-state index < -0.39 is 6.03 Å². The van der Waals surface area contributed by atoms with Crippen LogP contribution in [0.15, 0.2) is 21.5 Å². The minimum atomic E-state index is -0.454. The van der Waals surface area contributed by atoms with Gasteiger partial charge in [-0.05, 0) is 22.0 Å². The first-order chi connectivity index (χ1) is 8.97. The quantitative estimate of drug-likeness (QED) is 0.767. The van der Waals surface area contributed by atoms with Crippen LogP contribution >= 0.6 is 15.9 Å². The monoisotopic (exact) mass is 328 g/mol. The zero-order chi connectivity index (χ0) is 14.0. The number of urea groups is 1. The van der Waals surface area contributed by atoms with Crippen molar-refractivity contribution in [3.8, 4) is 0 Å². The molecule has 102 valence electrons. The van der Waals surface area contributed by atoms with E-state index in [9.17, 15) is 14.4 Å². The molecule has 3 amide bonds. The third kappa shape index (κ3) is 3.14. The van der Waals surface area contributed by atoms with E-state index in [0.29, 0.717) is 17.6 Å². The molecule has 1 fully saturated rings. The summed E-state index contributed by atoms with van der Waals surface area (Å²) in [4.78, 5) is 36.4. The van der Waals surface area contributed by atoms with Gasteiger partial charge in [-0.3, -0.25) is 9.59 Å². The first-order valence-corrected chi connectivity index (χ1v) is 6.45. The van der Waals surface area contributed by atoms with Gasteiger partial charge in [0.1, 0.15) is 12.2 Å². The van der Waals surface area contributed by atoms with E-state index in [4.69, 9.17) is 0 Å². The number of nitrogens with zero attached hydrogens (tertiary/aromatic N) is 2. The summed E-state index contributed by atoms with van der Waals surface area (Å²) in [6.45, 7) is 0.842. The predicted molar refractivity (Wildman–Crippen MR) is 73.0 cm³/mol. The number of carbonyl (C=O) groups is 2. The number of hydrogen-bond acceptors (Lipinski definition) is 3. The molecule has 1 aliphatic heterocycles. The molecule has 0 aromatic carbocycles. The highest BCUT2D eigenvalue weighted by atomic mass is 79.9. The van der Waals surface area contributed by atoms with Crippen LogP contribution in [0.25, 0.3) is 0 Å². The Morgan fingerprint density at radius 1 is 1.47 bits per heavy atom. The number of halogens is 1. The molecule has 0 bridgehead atoms. The predicted octanol–water partition coefficient (Wildman–Crippen LogP) is 0.111. The molecule has 8 heteroatoms. The summed E-state index contributed by atoms with van der Waals surface area (Å²) in [6, 6.07) is 1.08. The van der Waals surface area contributed by atoms with Crippen molar-refractivity contribution >= 4 is 33.6 Å². The van der Waals surface area contributed by atoms with Crippen molar-refractivity contribution in [3.63, 3.8) is 0 Å². The van der Waals surface area contributed by atoms with E-state index in [1.165, 1.54) is 15.5 Å². The number of aryl methyl sites for hydroxylation is 1. The molecular weight excluding hydrogens is 316 g/mol. The maximum Gasteiger partial charge on any atom is 0.322 e. The van der Waals surface area contributed by atoms with Crippen LogP contribution < -0.4 is 16.2 Å². The van der Waals surface area contributed by atoms with Gasteiger partial charge >= 0.3 is 6.03 Å². The Bertz CT molecular complexity index is 584. The highest BCUT2D eigenvalue weighted by Gasteiger charge is 2.21. The fraction of sp³-hybridized carbons (Fsp3) is 0.364. The summed E-state index contributed by atoms with van der Waals surface area (Å²) in [5.41, 5.74) is -0.133. The first-order valence-electron chi connectivity index (χ1n) is 5.66. The molecule has 0 saturated carbocycles. The number of pyridine rings is 1. The molecule has 0 radical (unpaired) electrons. The van der Waals surface area contributed by atoms with Gasteiger partial charge in [-0.2, -0.15) is 0 Å². The lowest BCUT2D eigenvalue weighted by atomic mass is 10.3. The van der Waals surface area contributed by atoms with Crippen molar-refractivity contribution in [1.29, 1.82) is 0 Å². The molecule has 0 atom stereocenters. The number of hydrogen-bond donors (Lipinski definition) is 2. The van der Waals surface area contributed by atoms with Crippen molar-refractivity contribution in [3.05, 3.63) is 27.1 Å². The van der Waals surface area contributed by atoms with Crippen LogP contribution in [0.1, 0.15) is 0 Å². The fourth-order valence-electron chi connectivity index (χ4n) is 1.77. The Balaban J connectivity index is 2.15. The SMILES string of the molecule is Cn1cc(Br)cc(NC(=O)N2CCNC(=O)C2)c1=O. The van der Waals surface area contributed by atoms with Crippen molar-refractivity contribution < 1.29 is 9.59 Å². The highest BCUT2D eigenvalue weighted by Crippen LogP contribution is 2.12. The zero-order valence-corrected chi connectivity index (χ0v) is 11.9. The van der Waals surface area contributed by atoms with Crippen LogP contribution in [0.2, 0.25) is 0 Å². The minimum Gasteiger partial charge on any atom is -0.353 e. The minimum absolute atomic E-state index is 0.000151. The molecule has 2 heterocycles. The van der Waals surface area contributed by atoms with Crippen LogP contribution in [0.3, 0.4) is 0 Å². The van der Waals surface area contributed by atoms with Gasteiger partial charge in [0.25, 0.3) is 5.56 Å². The van der Waals surface area contributed by atoms with Gasteiger partial charge in [-0.15, -0.1) is 0 Å². The lowest BCUT2D eigenvalue weighted by Crippen LogP contribution is -2.51. The van der Waals surface area contributed by atoms with Crippen LogP contribution in [0.5, 0.6) is 0 Å². The number of rotatable bonds is 1. The Morgan fingerprint density at radius 2 is 2.21 bits per heavy atom. The smallest absolute Gasteiger partial charge is 0.322 e. The largest absolute Gasteiger partial charge is 0.353 e. The van der Waals surface area contributed by atoms with Gasteiger partial charge in [0.15, 0.2) is 0 Å². The molecular formula is C11H13BrN4O3. The third-order valence-electron chi connectivity index (χ3n) is 2.72. The van der Waals surface area contributed by atoms with E-state index in [2.05, 4.69) is 26.6 Å². The van der Waals surface area contributed by atoms with E-state index in [-0.39, 0.29) is 23.7 Å². The average Bonchev–Trinajstić information content (AvgIpc) is 2.35. The highest BCUT2D eigenvalue weighted by molar-refractivity contribution is 9.10. The second kappa shape index (κ2) is 5.43. The van der Waals surface area contributed by atoms with Gasteiger partial charge < -0.3 is 20.1 Å². The van der Waals surface area contributed by atoms with Gasteiger partial charge in [0.05, 0.1) is 0 Å². The molecule has 1 aromatic heterocycles. The summed E-state index contributed by atoms with van der Waals surface area (Å²) in [6.07, 6.45) is 1.60. The summed E-state index contributed by atoms with van der Waals surface area (Å²) in [7, 11) is 1.59. The topological polar surface area (TPSA) is 83.4 Å². The summed E-state index contributed by atoms with van der Waals surface area (Å²) in [5, 5.41) is 5.15. The molecule has 1 aliphatic rings. The van der Waals surface area contributed by atoms with Crippen LogP contribution in [-0.4, -0.2) is 41.0 Å². The van der Waals surface area contributed by atoms with Crippen LogP contribution in [-0.2, 0) is 11.8 Å². The van der Waals surface area contributed by atoms with Crippen LogP contribution in [0, 0.1) is 0 Å². The average molecular weight is 329 g/mol. The summed E-state index contributed by atoms with van der Waals surface area (Å²) < 4.78 is 2.05. The van der Waals surface area contributed by atoms with E-state index >= 15 is 0 Å². The zero-order valence-electron chi connectivity index (χ0n) is 10.3. The van der Waals surface area contributed by atoms with Gasteiger partial charge in [0.2, 0.25) is 5.91 Å². The Morgan fingerprint density at radius 3 is 2.89 bits per heavy atom. The molecule has 2 rings (SSSR count). The molecule has 1 saturated heterocycles. The lowest BCUT2D eigenvalue weighted by molar-refractivity contribution is -0.123. The first kappa shape index (κ1) is 13.6. The van der Waals surface area contributed by atoms with Gasteiger partial charge in [-0.1, -0.05) is 0 Å². The third-order valence-corrected chi connectivity index (χ3v) is 3.15. The maximum absolute atomic E-state index is 12.0. The Hall–Kier alpha value is -1.83. The second-order valence-electron chi connectivity index (χ2n) is 4.19. The van der Waals surface area contributed by atoms with Gasteiger partial charge in [0, 0.05) is 30.8 Å². The van der Waals surface area contributed by atoms with E-state index in [1.54, 1.807) is 13.2 Å². The van der Waals surface area contributed by atoms with Crippen molar-refractivity contribution in [2.75, 3.05) is 25.0 Å². The number of nitrogens with one attached hydrogen (secondary N) is 2. The molecule has 0 spiro atoms. The molecule has 7 nitrogen and oxygen atoms in total. The van der Waals surface area contributed by atoms with E-state index in [0.717, 1.165) is 0 Å². The van der Waals surface area contributed by atoms with Crippen molar-refractivity contribution in [2.45, 2.75) is 0 Å². The molecule has 1 aromatic rings. The molecule has 0 unspecified atom stereocenters. The standard InChI is InChI=1S/C11H13BrN4O3/c1-15-5-7(12)4-8(10(15)18)14-11(19)16-3-2-13-9(17)6-16/h4-5H,2-3,6H2,1H3,(H,13,17)(H,14,19). The molecule has 2 N–H and O–H groups in total. The molecule has 0 aliphatic carbocycles. The lowest BCUT2D eigenvalue weighted by Gasteiger charge is -2.26. The number of piperazine rings is 1. The molecule has 19 heavy (non-hydrogen) atoms. The van der Waals surface area contributed by atoms with Crippen molar-refractivity contribution in [1.82, 2.24) is 14.8 Å². The number of amides is 3. The maximum atomic E-state index is 12.0. The summed E-state index contributed by atoms with van der Waals surface area (Å²) in [5.74, 6) is -0.205. The van der Waals surface area contributed by atoms with E-state index in [1.807, 2.05) is 0 Å². The fourth-order valence-corrected chi connectivity index (χ4v) is 2.30. The number of carbonyl (C=O) groups excluding carboxylic acids is 2. The van der Waals surface area contributed by atoms with Crippen LogP contribution in [0.4, 0.5) is 10.5 Å². The van der Waals surface area contributed by atoms with Crippen molar-refractivity contribution in [2.24, 2.45) is 7.05 Å².